The molecule has 0 radical (unpaired) electrons. The number of hydrogen-bond acceptors (Lipinski definition) is 3. The lowest BCUT2D eigenvalue weighted by atomic mass is 9.88. The van der Waals surface area contributed by atoms with Crippen molar-refractivity contribution in [2.45, 2.75) is 32.1 Å². The molecule has 1 amide bonds. The number of rotatable bonds is 3. The summed E-state index contributed by atoms with van der Waals surface area (Å²) in [6, 6.07) is 10.6. The van der Waals surface area contributed by atoms with Crippen LogP contribution >= 0.6 is 0 Å². The van der Waals surface area contributed by atoms with Gasteiger partial charge < -0.3 is 9.64 Å². The number of ether oxygens (including phenoxy) is 1. The van der Waals surface area contributed by atoms with Gasteiger partial charge in [0.1, 0.15) is 0 Å². The van der Waals surface area contributed by atoms with Gasteiger partial charge in [-0.25, -0.2) is 0 Å². The summed E-state index contributed by atoms with van der Waals surface area (Å²) < 4.78 is 5.48. The summed E-state index contributed by atoms with van der Waals surface area (Å²) in [5.74, 6) is 1.06. The van der Waals surface area contributed by atoms with Crippen LogP contribution < -0.4 is 0 Å². The molecule has 2 fully saturated rings. The van der Waals surface area contributed by atoms with Crippen molar-refractivity contribution in [3.8, 4) is 0 Å². The van der Waals surface area contributed by atoms with Crippen LogP contribution in [-0.2, 0) is 16.0 Å². The molecule has 0 saturated carbocycles. The SMILES string of the molecule is O=C([C@@H]1CCCOC1)N1CCC(Cc2cccc3ncccc23)CC1. The fourth-order valence-corrected chi connectivity index (χ4v) is 4.21. The van der Waals surface area contributed by atoms with E-state index in [1.54, 1.807) is 0 Å². The van der Waals surface area contributed by atoms with Gasteiger partial charge in [-0.05, 0) is 55.7 Å². The van der Waals surface area contributed by atoms with Crippen LogP contribution in [0.1, 0.15) is 31.2 Å². The summed E-state index contributed by atoms with van der Waals surface area (Å²) in [4.78, 5) is 19.2. The van der Waals surface area contributed by atoms with Crippen molar-refractivity contribution in [2.24, 2.45) is 11.8 Å². The molecule has 1 aromatic carbocycles. The number of amides is 1. The molecule has 0 spiro atoms. The van der Waals surface area contributed by atoms with E-state index in [4.69, 9.17) is 4.74 Å². The van der Waals surface area contributed by atoms with Crippen molar-refractivity contribution in [1.29, 1.82) is 0 Å². The third-order valence-corrected chi connectivity index (χ3v) is 5.68. The van der Waals surface area contributed by atoms with Crippen LogP contribution in [0.3, 0.4) is 0 Å². The van der Waals surface area contributed by atoms with Crippen molar-refractivity contribution < 1.29 is 9.53 Å². The first-order valence-electron chi connectivity index (χ1n) is 9.50. The Kier molecular flexibility index (Phi) is 4.97. The maximum absolute atomic E-state index is 12.6. The second kappa shape index (κ2) is 7.52. The van der Waals surface area contributed by atoms with Crippen LogP contribution in [0.4, 0.5) is 0 Å². The molecule has 0 aliphatic carbocycles. The minimum Gasteiger partial charge on any atom is -0.381 e. The van der Waals surface area contributed by atoms with Crippen LogP contribution in [0.15, 0.2) is 36.5 Å². The lowest BCUT2D eigenvalue weighted by molar-refractivity contribution is -0.141. The molecular formula is C21H26N2O2. The van der Waals surface area contributed by atoms with Gasteiger partial charge >= 0.3 is 0 Å². The average molecular weight is 338 g/mol. The van der Waals surface area contributed by atoms with Gasteiger partial charge in [0.15, 0.2) is 0 Å². The molecule has 3 heterocycles. The lowest BCUT2D eigenvalue weighted by Gasteiger charge is -2.35. The van der Waals surface area contributed by atoms with Gasteiger partial charge in [0, 0.05) is 31.3 Å². The number of piperidine rings is 1. The highest BCUT2D eigenvalue weighted by Gasteiger charge is 2.29. The smallest absolute Gasteiger partial charge is 0.228 e. The van der Waals surface area contributed by atoms with Gasteiger partial charge in [0.25, 0.3) is 0 Å². The molecule has 2 aliphatic heterocycles. The molecule has 1 aromatic heterocycles. The quantitative estimate of drug-likeness (QED) is 0.861. The first-order valence-corrected chi connectivity index (χ1v) is 9.50. The van der Waals surface area contributed by atoms with Gasteiger partial charge in [-0.1, -0.05) is 18.2 Å². The average Bonchev–Trinajstić information content (AvgIpc) is 2.69. The molecule has 2 aromatic rings. The minimum atomic E-state index is 0.0921. The number of nitrogens with zero attached hydrogens (tertiary/aromatic N) is 2. The summed E-state index contributed by atoms with van der Waals surface area (Å²) in [7, 11) is 0. The molecule has 0 N–H and O–H groups in total. The first kappa shape index (κ1) is 16.5. The van der Waals surface area contributed by atoms with E-state index in [1.807, 2.05) is 12.3 Å². The number of likely N-dealkylation sites (tertiary alicyclic amines) is 1. The number of carbonyl (C=O) groups is 1. The van der Waals surface area contributed by atoms with E-state index in [9.17, 15) is 4.79 Å². The van der Waals surface area contributed by atoms with Crippen molar-refractivity contribution >= 4 is 16.8 Å². The zero-order chi connectivity index (χ0) is 17.1. The second-order valence-corrected chi connectivity index (χ2v) is 7.37. The van der Waals surface area contributed by atoms with Gasteiger partial charge in [-0.15, -0.1) is 0 Å². The largest absolute Gasteiger partial charge is 0.381 e. The second-order valence-electron chi connectivity index (χ2n) is 7.37. The van der Waals surface area contributed by atoms with Crippen LogP contribution in [0.2, 0.25) is 0 Å². The molecular weight excluding hydrogens is 312 g/mol. The van der Waals surface area contributed by atoms with Crippen LogP contribution in [0, 0.1) is 11.8 Å². The number of benzene rings is 1. The number of hydrogen-bond donors (Lipinski definition) is 0. The van der Waals surface area contributed by atoms with Gasteiger partial charge in [-0.2, -0.15) is 0 Å². The van der Waals surface area contributed by atoms with Gasteiger partial charge in [0.05, 0.1) is 18.0 Å². The maximum Gasteiger partial charge on any atom is 0.228 e. The standard InChI is InChI=1S/C21H26N2O2/c24-21(18-5-3-13-25-15-18)23-11-8-16(9-12-23)14-17-4-1-7-20-19(17)6-2-10-22-20/h1-2,4,6-7,10,16,18H,3,5,8-9,11-15H2/t18-/m1/s1. The lowest BCUT2D eigenvalue weighted by Crippen LogP contribution is -2.44. The van der Waals surface area contributed by atoms with E-state index in [2.05, 4.69) is 34.1 Å². The van der Waals surface area contributed by atoms with Crippen molar-refractivity contribution in [1.82, 2.24) is 9.88 Å². The molecule has 0 unspecified atom stereocenters. The molecule has 4 heteroatoms. The van der Waals surface area contributed by atoms with Crippen molar-refractivity contribution in [2.75, 3.05) is 26.3 Å². The number of fused-ring (bicyclic) bond motifs is 1. The van der Waals surface area contributed by atoms with Crippen LogP contribution in [0.5, 0.6) is 0 Å². The molecule has 25 heavy (non-hydrogen) atoms. The molecule has 132 valence electrons. The van der Waals surface area contributed by atoms with Crippen LogP contribution in [-0.4, -0.2) is 42.1 Å². The molecule has 2 saturated heterocycles. The number of pyridine rings is 1. The predicted octanol–water partition coefficient (Wildman–Crippen LogP) is 3.44. The normalized spacial score (nSPS) is 22.2. The summed E-state index contributed by atoms with van der Waals surface area (Å²) in [5.41, 5.74) is 2.46. The Morgan fingerprint density at radius 3 is 2.84 bits per heavy atom. The highest BCUT2D eigenvalue weighted by Crippen LogP contribution is 2.27. The Morgan fingerprint density at radius 2 is 2.04 bits per heavy atom. The molecule has 0 bridgehead atoms. The Labute approximate surface area is 149 Å². The summed E-state index contributed by atoms with van der Waals surface area (Å²) in [6.07, 6.45) is 7.12. The third-order valence-electron chi connectivity index (χ3n) is 5.68. The maximum atomic E-state index is 12.6. The summed E-state index contributed by atoms with van der Waals surface area (Å²) in [5, 5.41) is 1.27. The first-order chi connectivity index (χ1) is 12.3. The molecule has 2 aliphatic rings. The third kappa shape index (κ3) is 3.69. The zero-order valence-electron chi connectivity index (χ0n) is 14.7. The Morgan fingerprint density at radius 1 is 1.16 bits per heavy atom. The van der Waals surface area contributed by atoms with Crippen molar-refractivity contribution in [3.05, 3.63) is 42.1 Å². The Bertz CT molecular complexity index is 726. The number of aromatic nitrogens is 1. The fourth-order valence-electron chi connectivity index (χ4n) is 4.21. The summed E-state index contributed by atoms with van der Waals surface area (Å²) in [6.45, 7) is 3.21. The molecule has 4 rings (SSSR count). The van der Waals surface area contributed by atoms with E-state index in [0.29, 0.717) is 18.4 Å². The highest BCUT2D eigenvalue weighted by molar-refractivity contribution is 5.82. The van der Waals surface area contributed by atoms with Crippen molar-refractivity contribution in [3.63, 3.8) is 0 Å². The Balaban J connectivity index is 1.36. The zero-order valence-corrected chi connectivity index (χ0v) is 14.7. The topological polar surface area (TPSA) is 42.4 Å². The molecule has 1 atom stereocenters. The van der Waals surface area contributed by atoms with E-state index < -0.39 is 0 Å². The van der Waals surface area contributed by atoms with Crippen LogP contribution in [0.25, 0.3) is 10.9 Å². The number of carbonyl (C=O) groups excluding carboxylic acids is 1. The summed E-state index contributed by atoms with van der Waals surface area (Å²) >= 11 is 0. The highest BCUT2D eigenvalue weighted by atomic mass is 16.5. The van der Waals surface area contributed by atoms with E-state index >= 15 is 0 Å². The van der Waals surface area contributed by atoms with Gasteiger partial charge in [-0.3, -0.25) is 9.78 Å². The molecule has 4 nitrogen and oxygen atoms in total. The van der Waals surface area contributed by atoms with E-state index in [1.165, 1.54) is 10.9 Å². The minimum absolute atomic E-state index is 0.0921. The monoisotopic (exact) mass is 338 g/mol. The van der Waals surface area contributed by atoms with Gasteiger partial charge in [0.2, 0.25) is 5.91 Å². The van der Waals surface area contributed by atoms with E-state index in [-0.39, 0.29) is 5.92 Å². The Hall–Kier alpha value is -1.94. The predicted molar refractivity (Wildman–Crippen MR) is 98.3 cm³/mol. The fraction of sp³-hybridized carbons (Fsp3) is 0.524. The van der Waals surface area contributed by atoms with E-state index in [0.717, 1.165) is 57.3 Å².